The number of aromatic nitrogens is 2. The lowest BCUT2D eigenvalue weighted by molar-refractivity contribution is -0.128. The van der Waals surface area contributed by atoms with Gasteiger partial charge in [0.2, 0.25) is 11.8 Å². The zero-order chi connectivity index (χ0) is 16.8. The minimum atomic E-state index is -0.512. The molecule has 1 aromatic carbocycles. The summed E-state index contributed by atoms with van der Waals surface area (Å²) in [6.07, 6.45) is 1.41. The molecule has 2 rings (SSSR count). The predicted molar refractivity (Wildman–Crippen MR) is 87.0 cm³/mol. The van der Waals surface area contributed by atoms with Gasteiger partial charge in [0, 0.05) is 13.0 Å². The Morgan fingerprint density at radius 3 is 2.83 bits per heavy atom. The van der Waals surface area contributed by atoms with Crippen LogP contribution in [0.15, 0.2) is 18.2 Å². The van der Waals surface area contributed by atoms with E-state index in [1.54, 1.807) is 7.11 Å². The van der Waals surface area contributed by atoms with Crippen LogP contribution in [0.5, 0.6) is 5.75 Å². The molecule has 0 unspecified atom stereocenters. The van der Waals surface area contributed by atoms with Crippen LogP contribution in [0, 0.1) is 0 Å². The highest BCUT2D eigenvalue weighted by Crippen LogP contribution is 2.18. The van der Waals surface area contributed by atoms with E-state index in [1.165, 1.54) is 6.92 Å². The maximum absolute atomic E-state index is 12.2. The van der Waals surface area contributed by atoms with Crippen molar-refractivity contribution < 1.29 is 14.3 Å². The minimum Gasteiger partial charge on any atom is -0.497 e. The molecule has 0 spiro atoms. The van der Waals surface area contributed by atoms with E-state index in [0.717, 1.165) is 23.2 Å². The summed E-state index contributed by atoms with van der Waals surface area (Å²) in [4.78, 5) is 30.9. The second-order valence-corrected chi connectivity index (χ2v) is 5.33. The topological polar surface area (TPSA) is 96.1 Å². The van der Waals surface area contributed by atoms with Gasteiger partial charge in [0.05, 0.1) is 24.7 Å². The highest BCUT2D eigenvalue weighted by molar-refractivity contribution is 5.86. The number of nitrogens with one attached hydrogen (secondary N) is 3. The Balaban J connectivity index is 2.01. The molecule has 124 valence electrons. The number of imidazole rings is 1. The van der Waals surface area contributed by atoms with Gasteiger partial charge in [-0.1, -0.05) is 13.3 Å². The Hall–Kier alpha value is -2.57. The number of hydrogen-bond donors (Lipinski definition) is 3. The third-order valence-electron chi connectivity index (χ3n) is 3.44. The number of benzene rings is 1. The molecule has 2 amide bonds. The zero-order valence-electron chi connectivity index (χ0n) is 13.6. The van der Waals surface area contributed by atoms with Crippen molar-refractivity contribution >= 4 is 22.8 Å². The van der Waals surface area contributed by atoms with E-state index in [2.05, 4.69) is 20.6 Å². The lowest BCUT2D eigenvalue weighted by Gasteiger charge is -2.16. The fourth-order valence-corrected chi connectivity index (χ4v) is 2.35. The number of methoxy groups -OCH3 is 1. The number of aromatic amines is 1. The van der Waals surface area contributed by atoms with E-state index < -0.39 is 6.04 Å². The van der Waals surface area contributed by atoms with Gasteiger partial charge in [-0.15, -0.1) is 0 Å². The van der Waals surface area contributed by atoms with Crippen LogP contribution in [0.1, 0.15) is 32.5 Å². The Bertz CT molecular complexity index is 696. The van der Waals surface area contributed by atoms with E-state index >= 15 is 0 Å². The molecule has 23 heavy (non-hydrogen) atoms. The number of hydrogen-bond acceptors (Lipinski definition) is 4. The monoisotopic (exact) mass is 318 g/mol. The number of carbonyl (C=O) groups excluding carboxylic acids is 2. The predicted octanol–water partition coefficient (Wildman–Crippen LogP) is 1.49. The van der Waals surface area contributed by atoms with Crippen molar-refractivity contribution in [2.75, 3.05) is 7.11 Å². The first kappa shape index (κ1) is 16.8. The van der Waals surface area contributed by atoms with E-state index in [1.807, 2.05) is 25.1 Å². The fourth-order valence-electron chi connectivity index (χ4n) is 2.35. The van der Waals surface area contributed by atoms with E-state index in [0.29, 0.717) is 12.2 Å². The molecule has 1 atom stereocenters. The first-order chi connectivity index (χ1) is 11.0. The van der Waals surface area contributed by atoms with Crippen LogP contribution in [-0.2, 0) is 16.1 Å². The molecule has 1 aromatic heterocycles. The third-order valence-corrected chi connectivity index (χ3v) is 3.44. The summed E-state index contributed by atoms with van der Waals surface area (Å²) < 4.78 is 5.17. The van der Waals surface area contributed by atoms with E-state index in [4.69, 9.17) is 4.74 Å². The number of fused-ring (bicyclic) bond motifs is 1. The van der Waals surface area contributed by atoms with Gasteiger partial charge in [-0.3, -0.25) is 9.59 Å². The van der Waals surface area contributed by atoms with Crippen LogP contribution in [0.3, 0.4) is 0 Å². The number of H-pyrrole nitrogens is 1. The van der Waals surface area contributed by atoms with Gasteiger partial charge in [0.15, 0.2) is 0 Å². The first-order valence-electron chi connectivity index (χ1n) is 7.61. The fraction of sp³-hybridized carbons (Fsp3) is 0.438. The highest BCUT2D eigenvalue weighted by atomic mass is 16.5. The lowest BCUT2D eigenvalue weighted by atomic mass is 10.1. The molecule has 7 heteroatoms. The van der Waals surface area contributed by atoms with Gasteiger partial charge in [-0.05, 0) is 18.6 Å². The molecule has 0 saturated carbocycles. The molecular formula is C16H22N4O3. The van der Waals surface area contributed by atoms with Crippen LogP contribution in [0.4, 0.5) is 0 Å². The molecular weight excluding hydrogens is 296 g/mol. The first-order valence-corrected chi connectivity index (χ1v) is 7.61. The van der Waals surface area contributed by atoms with Gasteiger partial charge >= 0.3 is 0 Å². The van der Waals surface area contributed by atoms with Crippen molar-refractivity contribution in [3.63, 3.8) is 0 Å². The summed E-state index contributed by atoms with van der Waals surface area (Å²) in [5.41, 5.74) is 1.66. The molecule has 1 heterocycles. The second kappa shape index (κ2) is 7.62. The van der Waals surface area contributed by atoms with Crippen LogP contribution < -0.4 is 15.4 Å². The third kappa shape index (κ3) is 4.45. The highest BCUT2D eigenvalue weighted by Gasteiger charge is 2.18. The number of carbonyl (C=O) groups is 2. The summed E-state index contributed by atoms with van der Waals surface area (Å²) in [6, 6.07) is 5.03. The molecule has 0 saturated heterocycles. The van der Waals surface area contributed by atoms with Crippen LogP contribution in [0.2, 0.25) is 0 Å². The zero-order valence-corrected chi connectivity index (χ0v) is 13.6. The number of nitrogens with zero attached hydrogens (tertiary/aromatic N) is 1. The Kier molecular flexibility index (Phi) is 5.56. The standard InChI is InChI=1S/C16H22N4O3/c1-4-5-13(18-10(2)21)16(22)17-9-15-19-12-7-6-11(23-3)8-14(12)20-15/h6-8,13H,4-5,9H2,1-3H3,(H,17,22)(H,18,21)(H,19,20)/t13-/m0/s1. The van der Waals surface area contributed by atoms with E-state index in [-0.39, 0.29) is 18.4 Å². The molecule has 0 aliphatic heterocycles. The van der Waals surface area contributed by atoms with Gasteiger partial charge < -0.3 is 20.4 Å². The molecule has 0 aliphatic rings. The maximum Gasteiger partial charge on any atom is 0.242 e. The number of ether oxygens (including phenoxy) is 1. The largest absolute Gasteiger partial charge is 0.497 e. The van der Waals surface area contributed by atoms with Gasteiger partial charge in [-0.2, -0.15) is 0 Å². The Morgan fingerprint density at radius 1 is 1.39 bits per heavy atom. The average Bonchev–Trinajstić information content (AvgIpc) is 2.93. The van der Waals surface area contributed by atoms with Crippen molar-refractivity contribution in [3.8, 4) is 5.75 Å². The normalized spacial score (nSPS) is 12.0. The number of rotatable bonds is 7. The summed E-state index contributed by atoms with van der Waals surface area (Å²) in [6.45, 7) is 3.65. The molecule has 0 radical (unpaired) electrons. The molecule has 0 aliphatic carbocycles. The van der Waals surface area contributed by atoms with Crippen molar-refractivity contribution in [2.24, 2.45) is 0 Å². The number of amides is 2. The van der Waals surface area contributed by atoms with Crippen molar-refractivity contribution in [2.45, 2.75) is 39.3 Å². The molecule has 3 N–H and O–H groups in total. The molecule has 2 aromatic rings. The van der Waals surface area contributed by atoms with Crippen LogP contribution in [-0.4, -0.2) is 34.9 Å². The second-order valence-electron chi connectivity index (χ2n) is 5.33. The minimum absolute atomic E-state index is 0.208. The van der Waals surface area contributed by atoms with Crippen LogP contribution >= 0.6 is 0 Å². The molecule has 7 nitrogen and oxygen atoms in total. The SMILES string of the molecule is CCC[C@H](NC(C)=O)C(=O)NCc1nc2ccc(OC)cc2[nH]1. The average molecular weight is 318 g/mol. The summed E-state index contributed by atoms with van der Waals surface area (Å²) in [7, 11) is 1.61. The van der Waals surface area contributed by atoms with Gasteiger partial charge in [0.1, 0.15) is 17.6 Å². The lowest BCUT2D eigenvalue weighted by Crippen LogP contribution is -2.45. The molecule has 0 fully saturated rings. The van der Waals surface area contributed by atoms with Gasteiger partial charge in [0.25, 0.3) is 0 Å². The Morgan fingerprint density at radius 2 is 2.17 bits per heavy atom. The summed E-state index contributed by atoms with van der Waals surface area (Å²) in [5.74, 6) is 0.972. The van der Waals surface area contributed by atoms with Crippen molar-refractivity contribution in [3.05, 3.63) is 24.0 Å². The summed E-state index contributed by atoms with van der Waals surface area (Å²) in [5, 5.41) is 5.46. The van der Waals surface area contributed by atoms with Gasteiger partial charge in [-0.25, -0.2) is 4.98 Å². The maximum atomic E-state index is 12.2. The molecule has 0 bridgehead atoms. The van der Waals surface area contributed by atoms with E-state index in [9.17, 15) is 9.59 Å². The van der Waals surface area contributed by atoms with Crippen LogP contribution in [0.25, 0.3) is 11.0 Å². The van der Waals surface area contributed by atoms with Crippen molar-refractivity contribution in [1.29, 1.82) is 0 Å². The van der Waals surface area contributed by atoms with Crippen molar-refractivity contribution in [1.82, 2.24) is 20.6 Å². The summed E-state index contributed by atoms with van der Waals surface area (Å²) >= 11 is 0. The quantitative estimate of drug-likeness (QED) is 0.720. The smallest absolute Gasteiger partial charge is 0.242 e. The Labute approximate surface area is 134 Å².